The fraction of sp³-hybridized carbons (Fsp3) is 0.286. The Balaban J connectivity index is 2.37. The molecule has 0 radical (unpaired) electrons. The minimum Gasteiger partial charge on any atom is -0.288 e. The maximum Gasteiger partial charge on any atom is 0.416 e. The molecule has 1 aromatic carbocycles. The third-order valence-corrected chi connectivity index (χ3v) is 2.89. The van der Waals surface area contributed by atoms with Crippen LogP contribution in [0.3, 0.4) is 0 Å². The van der Waals surface area contributed by atoms with Gasteiger partial charge in [-0.25, -0.2) is 4.39 Å². The summed E-state index contributed by atoms with van der Waals surface area (Å²) in [6, 6.07) is 1.77. The van der Waals surface area contributed by atoms with Crippen molar-refractivity contribution in [3.8, 4) is 0 Å². The molecule has 21 heavy (non-hydrogen) atoms. The van der Waals surface area contributed by atoms with Gasteiger partial charge in [0, 0.05) is 12.7 Å². The zero-order valence-corrected chi connectivity index (χ0v) is 11.1. The number of aryl methyl sites for hydroxylation is 1. The summed E-state index contributed by atoms with van der Waals surface area (Å²) >= 11 is 0. The number of hydrogen-bond acceptors (Lipinski definition) is 2. The summed E-state index contributed by atoms with van der Waals surface area (Å²) in [4.78, 5) is 12.1. The Bertz CT molecular complexity index is 661. The number of ketones is 1. The van der Waals surface area contributed by atoms with E-state index in [1.807, 2.05) is 6.92 Å². The van der Waals surface area contributed by atoms with Crippen LogP contribution >= 0.6 is 0 Å². The van der Waals surface area contributed by atoms with E-state index in [1.165, 1.54) is 17.1 Å². The van der Waals surface area contributed by atoms with Crippen LogP contribution in [0.1, 0.15) is 34.8 Å². The van der Waals surface area contributed by atoms with Gasteiger partial charge in [0.15, 0.2) is 5.78 Å². The molecule has 3 nitrogen and oxygen atoms in total. The topological polar surface area (TPSA) is 34.9 Å². The van der Waals surface area contributed by atoms with Crippen LogP contribution in [0.2, 0.25) is 0 Å². The molecule has 2 aromatic rings. The van der Waals surface area contributed by atoms with Crippen molar-refractivity contribution in [2.24, 2.45) is 0 Å². The van der Waals surface area contributed by atoms with Crippen LogP contribution < -0.4 is 0 Å². The summed E-state index contributed by atoms with van der Waals surface area (Å²) in [7, 11) is 0. The van der Waals surface area contributed by atoms with Gasteiger partial charge in [-0.15, -0.1) is 0 Å². The van der Waals surface area contributed by atoms with Gasteiger partial charge in [-0.2, -0.15) is 18.3 Å². The molecular weight excluding hydrogens is 288 g/mol. The van der Waals surface area contributed by atoms with Crippen LogP contribution in [-0.2, 0) is 12.7 Å². The third kappa shape index (κ3) is 3.29. The molecule has 2 rings (SSSR count). The summed E-state index contributed by atoms with van der Waals surface area (Å²) in [6.07, 6.45) is -1.23. The fourth-order valence-corrected chi connectivity index (χ4v) is 1.86. The molecule has 0 aliphatic carbocycles. The summed E-state index contributed by atoms with van der Waals surface area (Å²) in [6.45, 7) is 2.48. The van der Waals surface area contributed by atoms with Crippen molar-refractivity contribution in [3.05, 3.63) is 53.1 Å². The summed E-state index contributed by atoms with van der Waals surface area (Å²) in [5, 5.41) is 3.90. The monoisotopic (exact) mass is 300 g/mol. The smallest absolute Gasteiger partial charge is 0.288 e. The van der Waals surface area contributed by atoms with Gasteiger partial charge in [-0.1, -0.05) is 6.92 Å². The first-order chi connectivity index (χ1) is 9.82. The summed E-state index contributed by atoms with van der Waals surface area (Å²) < 4.78 is 53.0. The van der Waals surface area contributed by atoms with Gasteiger partial charge in [0.05, 0.1) is 22.9 Å². The second-order valence-corrected chi connectivity index (χ2v) is 4.51. The number of carbonyl (C=O) groups excluding carboxylic acids is 1. The van der Waals surface area contributed by atoms with Gasteiger partial charge in [-0.3, -0.25) is 9.48 Å². The molecule has 1 heterocycles. The Labute approximate surface area is 118 Å². The Morgan fingerprint density at radius 1 is 1.33 bits per heavy atom. The Morgan fingerprint density at radius 2 is 2.05 bits per heavy atom. The minimum atomic E-state index is -4.63. The molecule has 0 atom stereocenters. The lowest BCUT2D eigenvalue weighted by Gasteiger charge is -2.08. The molecule has 0 unspecified atom stereocenters. The van der Waals surface area contributed by atoms with E-state index in [1.54, 1.807) is 0 Å². The highest BCUT2D eigenvalue weighted by Gasteiger charge is 2.32. The second-order valence-electron chi connectivity index (χ2n) is 4.51. The van der Waals surface area contributed by atoms with E-state index in [9.17, 15) is 22.4 Å². The second kappa shape index (κ2) is 5.67. The molecule has 7 heteroatoms. The van der Waals surface area contributed by atoms with E-state index in [0.717, 1.165) is 6.42 Å². The van der Waals surface area contributed by atoms with Gasteiger partial charge in [0.1, 0.15) is 5.82 Å². The first-order valence-corrected chi connectivity index (χ1v) is 6.27. The van der Waals surface area contributed by atoms with Gasteiger partial charge in [0.2, 0.25) is 0 Å². The zero-order chi connectivity index (χ0) is 15.6. The highest BCUT2D eigenvalue weighted by molar-refractivity contribution is 6.09. The molecule has 0 saturated heterocycles. The van der Waals surface area contributed by atoms with E-state index >= 15 is 0 Å². The molecule has 0 spiro atoms. The molecule has 0 fully saturated rings. The highest BCUT2D eigenvalue weighted by atomic mass is 19.4. The molecule has 1 aromatic heterocycles. The van der Waals surface area contributed by atoms with E-state index in [4.69, 9.17) is 0 Å². The standard InChI is InChI=1S/C14H12F4N2O/c1-2-5-20-8-9(7-19-20)13(21)11-6-10(14(16,17)18)3-4-12(11)15/h3-4,6-8H,2,5H2,1H3. The quantitative estimate of drug-likeness (QED) is 0.637. The van der Waals surface area contributed by atoms with Crippen molar-refractivity contribution < 1.29 is 22.4 Å². The molecule has 0 aliphatic heterocycles. The van der Waals surface area contributed by atoms with Crippen LogP contribution in [0.5, 0.6) is 0 Å². The number of rotatable bonds is 4. The summed E-state index contributed by atoms with van der Waals surface area (Å²) in [5.74, 6) is -1.81. The predicted molar refractivity (Wildman–Crippen MR) is 67.4 cm³/mol. The number of hydrogen-bond donors (Lipinski definition) is 0. The van der Waals surface area contributed by atoms with Crippen molar-refractivity contribution in [2.45, 2.75) is 26.1 Å². The van der Waals surface area contributed by atoms with E-state index in [0.29, 0.717) is 24.7 Å². The van der Waals surface area contributed by atoms with E-state index in [2.05, 4.69) is 5.10 Å². The van der Waals surface area contributed by atoms with Gasteiger partial charge in [-0.05, 0) is 24.6 Å². The van der Waals surface area contributed by atoms with Crippen LogP contribution in [-0.4, -0.2) is 15.6 Å². The number of nitrogens with zero attached hydrogens (tertiary/aromatic N) is 2. The number of alkyl halides is 3. The maximum absolute atomic E-state index is 13.6. The van der Waals surface area contributed by atoms with Crippen molar-refractivity contribution in [1.29, 1.82) is 0 Å². The average Bonchev–Trinajstić information content (AvgIpc) is 2.86. The first kappa shape index (κ1) is 15.2. The third-order valence-electron chi connectivity index (χ3n) is 2.89. The van der Waals surface area contributed by atoms with Gasteiger partial charge < -0.3 is 0 Å². The van der Waals surface area contributed by atoms with Crippen LogP contribution in [0, 0.1) is 5.82 Å². The summed E-state index contributed by atoms with van der Waals surface area (Å²) in [5.41, 5.74) is -1.62. The Kier molecular flexibility index (Phi) is 4.11. The molecule has 0 amide bonds. The van der Waals surface area contributed by atoms with Crippen LogP contribution in [0.15, 0.2) is 30.6 Å². The molecule has 112 valence electrons. The van der Waals surface area contributed by atoms with Gasteiger partial charge in [0.25, 0.3) is 0 Å². The number of aromatic nitrogens is 2. The fourth-order valence-electron chi connectivity index (χ4n) is 1.86. The maximum atomic E-state index is 13.6. The number of carbonyl (C=O) groups is 1. The lowest BCUT2D eigenvalue weighted by atomic mass is 10.0. The Morgan fingerprint density at radius 3 is 2.67 bits per heavy atom. The largest absolute Gasteiger partial charge is 0.416 e. The zero-order valence-electron chi connectivity index (χ0n) is 11.1. The SMILES string of the molecule is CCCn1cc(C(=O)c2cc(C(F)(F)F)ccc2F)cn1. The Hall–Kier alpha value is -2.18. The molecule has 0 saturated carbocycles. The minimum absolute atomic E-state index is 0.0571. The molecular formula is C14H12F4N2O. The predicted octanol–water partition coefficient (Wildman–Crippen LogP) is 3.68. The highest BCUT2D eigenvalue weighted by Crippen LogP contribution is 2.30. The van der Waals surface area contributed by atoms with Gasteiger partial charge >= 0.3 is 6.18 Å². The number of halogens is 4. The first-order valence-electron chi connectivity index (χ1n) is 6.27. The molecule has 0 N–H and O–H groups in total. The molecule has 0 bridgehead atoms. The van der Waals surface area contributed by atoms with Crippen molar-refractivity contribution >= 4 is 5.78 Å². The lowest BCUT2D eigenvalue weighted by molar-refractivity contribution is -0.137. The van der Waals surface area contributed by atoms with Crippen LogP contribution in [0.25, 0.3) is 0 Å². The molecule has 0 aliphatic rings. The van der Waals surface area contributed by atoms with Crippen molar-refractivity contribution in [3.63, 3.8) is 0 Å². The normalized spacial score (nSPS) is 11.7. The lowest BCUT2D eigenvalue weighted by Crippen LogP contribution is -2.10. The van der Waals surface area contributed by atoms with Crippen LogP contribution in [0.4, 0.5) is 17.6 Å². The van der Waals surface area contributed by atoms with E-state index < -0.39 is 28.9 Å². The number of benzene rings is 1. The average molecular weight is 300 g/mol. The van der Waals surface area contributed by atoms with E-state index in [-0.39, 0.29) is 5.56 Å². The van der Waals surface area contributed by atoms with Crippen molar-refractivity contribution in [2.75, 3.05) is 0 Å². The van der Waals surface area contributed by atoms with Crippen molar-refractivity contribution in [1.82, 2.24) is 9.78 Å².